The average Bonchev–Trinajstić information content (AvgIpc) is 2.99. The lowest BCUT2D eigenvalue weighted by molar-refractivity contribution is -0.150. The van der Waals surface area contributed by atoms with Gasteiger partial charge in [-0.15, -0.1) is 0 Å². The summed E-state index contributed by atoms with van der Waals surface area (Å²) >= 11 is 0. The molecule has 86 valence electrons. The zero-order valence-electron chi connectivity index (χ0n) is 9.58. The SMILES string of the molecule is CCOC(=O)C1(NC)CCN(C2CC2)C1. The fraction of sp³-hybridized carbons (Fsp3) is 0.909. The van der Waals surface area contributed by atoms with Crippen molar-refractivity contribution in [1.29, 1.82) is 0 Å². The fourth-order valence-electron chi connectivity index (χ4n) is 2.33. The molecule has 4 heteroatoms. The minimum absolute atomic E-state index is 0.0874. The largest absolute Gasteiger partial charge is 0.465 e. The number of ether oxygens (including phenoxy) is 1. The van der Waals surface area contributed by atoms with E-state index in [1.165, 1.54) is 12.8 Å². The number of hydrogen-bond donors (Lipinski definition) is 1. The molecule has 0 spiro atoms. The van der Waals surface area contributed by atoms with Crippen molar-refractivity contribution in [2.24, 2.45) is 0 Å². The molecule has 0 aromatic rings. The van der Waals surface area contributed by atoms with Crippen LogP contribution in [0.2, 0.25) is 0 Å². The summed E-state index contributed by atoms with van der Waals surface area (Å²) in [6, 6.07) is 0.731. The highest BCUT2D eigenvalue weighted by Gasteiger charge is 2.47. The first-order valence-corrected chi connectivity index (χ1v) is 5.82. The van der Waals surface area contributed by atoms with E-state index in [-0.39, 0.29) is 5.97 Å². The molecule has 1 unspecified atom stereocenters. The predicted molar refractivity (Wildman–Crippen MR) is 57.6 cm³/mol. The summed E-state index contributed by atoms with van der Waals surface area (Å²) in [7, 11) is 1.85. The summed E-state index contributed by atoms with van der Waals surface area (Å²) in [6.07, 6.45) is 3.46. The van der Waals surface area contributed by atoms with Crippen molar-refractivity contribution in [2.75, 3.05) is 26.7 Å². The van der Waals surface area contributed by atoms with Crippen LogP contribution < -0.4 is 5.32 Å². The van der Waals surface area contributed by atoms with Gasteiger partial charge in [-0.05, 0) is 33.2 Å². The van der Waals surface area contributed by atoms with Crippen molar-refractivity contribution in [3.8, 4) is 0 Å². The van der Waals surface area contributed by atoms with Crippen LogP contribution in [0.15, 0.2) is 0 Å². The Morgan fingerprint density at radius 1 is 1.60 bits per heavy atom. The molecule has 1 saturated heterocycles. The van der Waals surface area contributed by atoms with Crippen molar-refractivity contribution in [3.63, 3.8) is 0 Å². The quantitative estimate of drug-likeness (QED) is 0.684. The lowest BCUT2D eigenvalue weighted by Crippen LogP contribution is -2.53. The van der Waals surface area contributed by atoms with Gasteiger partial charge in [0.25, 0.3) is 0 Å². The number of carbonyl (C=O) groups excluding carboxylic acids is 1. The van der Waals surface area contributed by atoms with Crippen LogP contribution in [0.3, 0.4) is 0 Å². The third-order valence-corrected chi connectivity index (χ3v) is 3.51. The van der Waals surface area contributed by atoms with Gasteiger partial charge in [-0.25, -0.2) is 4.79 Å². The van der Waals surface area contributed by atoms with Crippen LogP contribution in [0.4, 0.5) is 0 Å². The molecule has 2 fully saturated rings. The highest BCUT2D eigenvalue weighted by Crippen LogP contribution is 2.33. The van der Waals surface area contributed by atoms with E-state index < -0.39 is 5.54 Å². The maximum absolute atomic E-state index is 11.9. The number of nitrogens with one attached hydrogen (secondary N) is 1. The number of rotatable bonds is 4. The van der Waals surface area contributed by atoms with E-state index in [0.29, 0.717) is 6.61 Å². The first-order valence-electron chi connectivity index (χ1n) is 5.82. The lowest BCUT2D eigenvalue weighted by Gasteiger charge is -2.26. The van der Waals surface area contributed by atoms with E-state index in [1.807, 2.05) is 14.0 Å². The molecule has 2 aliphatic rings. The monoisotopic (exact) mass is 212 g/mol. The van der Waals surface area contributed by atoms with Gasteiger partial charge in [0.05, 0.1) is 6.61 Å². The maximum Gasteiger partial charge on any atom is 0.327 e. The number of likely N-dealkylation sites (N-methyl/N-ethyl adjacent to an activating group) is 1. The number of hydrogen-bond acceptors (Lipinski definition) is 4. The average molecular weight is 212 g/mol. The maximum atomic E-state index is 11.9. The van der Waals surface area contributed by atoms with Gasteiger partial charge in [0.1, 0.15) is 5.54 Å². The molecular formula is C11H20N2O2. The van der Waals surface area contributed by atoms with Gasteiger partial charge in [0.15, 0.2) is 0 Å². The minimum atomic E-state index is -0.446. The molecule has 0 aromatic heterocycles. The Bertz CT molecular complexity index is 253. The van der Waals surface area contributed by atoms with Gasteiger partial charge in [-0.2, -0.15) is 0 Å². The van der Waals surface area contributed by atoms with Crippen LogP contribution in [0.1, 0.15) is 26.2 Å². The number of nitrogens with zero attached hydrogens (tertiary/aromatic N) is 1. The predicted octanol–water partition coefficient (Wildman–Crippen LogP) is 0.376. The Labute approximate surface area is 91.0 Å². The van der Waals surface area contributed by atoms with Gasteiger partial charge in [0.2, 0.25) is 0 Å². The summed E-state index contributed by atoms with van der Waals surface area (Å²) < 4.78 is 5.14. The van der Waals surface area contributed by atoms with Gasteiger partial charge in [-0.1, -0.05) is 0 Å². The Morgan fingerprint density at radius 3 is 2.87 bits per heavy atom. The first-order chi connectivity index (χ1) is 7.22. The van der Waals surface area contributed by atoms with Crippen LogP contribution in [0, 0.1) is 0 Å². The van der Waals surface area contributed by atoms with Crippen LogP contribution in [0.25, 0.3) is 0 Å². The molecule has 0 radical (unpaired) electrons. The molecule has 0 amide bonds. The molecule has 1 saturated carbocycles. The summed E-state index contributed by atoms with van der Waals surface area (Å²) in [5, 5.41) is 3.16. The van der Waals surface area contributed by atoms with Gasteiger partial charge >= 0.3 is 5.97 Å². The Morgan fingerprint density at radius 2 is 2.33 bits per heavy atom. The molecular weight excluding hydrogens is 192 g/mol. The van der Waals surface area contributed by atoms with Crippen molar-refractivity contribution in [2.45, 2.75) is 37.8 Å². The molecule has 1 atom stereocenters. The first kappa shape index (κ1) is 10.9. The van der Waals surface area contributed by atoms with Crippen molar-refractivity contribution < 1.29 is 9.53 Å². The second-order valence-corrected chi connectivity index (χ2v) is 4.50. The number of carbonyl (C=O) groups is 1. The van der Waals surface area contributed by atoms with Crippen molar-refractivity contribution >= 4 is 5.97 Å². The molecule has 0 aromatic carbocycles. The summed E-state index contributed by atoms with van der Waals surface area (Å²) in [4.78, 5) is 14.3. The van der Waals surface area contributed by atoms with Gasteiger partial charge in [-0.3, -0.25) is 4.90 Å². The minimum Gasteiger partial charge on any atom is -0.465 e. The molecule has 4 nitrogen and oxygen atoms in total. The van der Waals surface area contributed by atoms with Gasteiger partial charge in [0, 0.05) is 19.1 Å². The fourth-order valence-corrected chi connectivity index (χ4v) is 2.33. The molecule has 1 aliphatic carbocycles. The van der Waals surface area contributed by atoms with Crippen molar-refractivity contribution in [1.82, 2.24) is 10.2 Å². The van der Waals surface area contributed by atoms with Crippen LogP contribution >= 0.6 is 0 Å². The van der Waals surface area contributed by atoms with E-state index in [1.54, 1.807) is 0 Å². The third-order valence-electron chi connectivity index (χ3n) is 3.51. The normalized spacial score (nSPS) is 31.9. The Kier molecular flexibility index (Phi) is 2.98. The number of esters is 1. The molecule has 1 N–H and O–H groups in total. The molecule has 1 aliphatic heterocycles. The Balaban J connectivity index is 1.99. The highest BCUT2D eigenvalue weighted by atomic mass is 16.5. The summed E-state index contributed by atoms with van der Waals surface area (Å²) in [5.74, 6) is -0.0874. The molecule has 0 bridgehead atoms. The van der Waals surface area contributed by atoms with E-state index in [4.69, 9.17) is 4.74 Å². The second-order valence-electron chi connectivity index (χ2n) is 4.50. The lowest BCUT2D eigenvalue weighted by atomic mass is 9.99. The van der Waals surface area contributed by atoms with E-state index >= 15 is 0 Å². The second kappa shape index (κ2) is 4.10. The zero-order valence-corrected chi connectivity index (χ0v) is 9.58. The summed E-state index contributed by atoms with van der Waals surface area (Å²) in [5.41, 5.74) is -0.446. The topological polar surface area (TPSA) is 41.6 Å². The van der Waals surface area contributed by atoms with E-state index in [2.05, 4.69) is 10.2 Å². The van der Waals surface area contributed by atoms with Crippen LogP contribution in [-0.4, -0.2) is 49.2 Å². The third kappa shape index (κ3) is 2.01. The van der Waals surface area contributed by atoms with E-state index in [9.17, 15) is 4.79 Å². The standard InChI is InChI=1S/C11H20N2O2/c1-3-15-10(14)11(12-2)6-7-13(8-11)9-4-5-9/h9,12H,3-8H2,1-2H3. The van der Waals surface area contributed by atoms with Crippen molar-refractivity contribution in [3.05, 3.63) is 0 Å². The number of likely N-dealkylation sites (tertiary alicyclic amines) is 1. The van der Waals surface area contributed by atoms with Crippen LogP contribution in [-0.2, 0) is 9.53 Å². The van der Waals surface area contributed by atoms with Crippen LogP contribution in [0.5, 0.6) is 0 Å². The Hall–Kier alpha value is -0.610. The molecule has 1 heterocycles. The van der Waals surface area contributed by atoms with E-state index in [0.717, 1.165) is 25.6 Å². The smallest absolute Gasteiger partial charge is 0.327 e. The molecule has 2 rings (SSSR count). The molecule has 15 heavy (non-hydrogen) atoms. The van der Waals surface area contributed by atoms with Gasteiger partial charge < -0.3 is 10.1 Å². The highest BCUT2D eigenvalue weighted by molar-refractivity contribution is 5.81. The zero-order chi connectivity index (χ0) is 10.9. The summed E-state index contributed by atoms with van der Waals surface area (Å²) in [6.45, 7) is 4.15.